The van der Waals surface area contributed by atoms with E-state index in [4.69, 9.17) is 14.6 Å². The number of cyclic esters (lactones) is 1. The van der Waals surface area contributed by atoms with Crippen LogP contribution >= 0.6 is 0 Å². The van der Waals surface area contributed by atoms with Crippen molar-refractivity contribution >= 4 is 18.0 Å². The summed E-state index contributed by atoms with van der Waals surface area (Å²) >= 11 is 0. The highest BCUT2D eigenvalue weighted by molar-refractivity contribution is 5.94. The van der Waals surface area contributed by atoms with Gasteiger partial charge in [0.25, 0.3) is 0 Å². The van der Waals surface area contributed by atoms with E-state index in [0.717, 1.165) is 4.90 Å². The predicted octanol–water partition coefficient (Wildman–Crippen LogP) is -0.469. The summed E-state index contributed by atoms with van der Waals surface area (Å²) in [4.78, 5) is 36.6. The third-order valence-electron chi connectivity index (χ3n) is 3.40. The molecule has 8 heteroatoms. The lowest BCUT2D eigenvalue weighted by atomic mass is 10.1. The second-order valence-electron chi connectivity index (χ2n) is 4.84. The van der Waals surface area contributed by atoms with Crippen molar-refractivity contribution in [2.24, 2.45) is 0 Å². The Labute approximate surface area is 116 Å². The fraction of sp³-hybridized carbons (Fsp3) is 0.750. The van der Waals surface area contributed by atoms with E-state index in [-0.39, 0.29) is 31.8 Å². The molecule has 0 aromatic heterocycles. The van der Waals surface area contributed by atoms with Gasteiger partial charge in [-0.3, -0.25) is 9.69 Å². The van der Waals surface area contributed by atoms with Crippen LogP contribution in [0.25, 0.3) is 0 Å². The van der Waals surface area contributed by atoms with Gasteiger partial charge in [-0.15, -0.1) is 0 Å². The lowest BCUT2D eigenvalue weighted by Gasteiger charge is -2.31. The molecule has 0 radical (unpaired) electrons. The molecule has 2 fully saturated rings. The maximum absolute atomic E-state index is 11.9. The minimum Gasteiger partial charge on any atom is -0.480 e. The number of ether oxygens (including phenoxy) is 2. The van der Waals surface area contributed by atoms with Crippen LogP contribution in [0.15, 0.2) is 0 Å². The third kappa shape index (κ3) is 3.91. The molecule has 1 N–H and O–H groups in total. The van der Waals surface area contributed by atoms with E-state index in [2.05, 4.69) is 0 Å². The Balaban J connectivity index is 1.70. The number of nitrogens with zero attached hydrogens (tertiary/aromatic N) is 2. The van der Waals surface area contributed by atoms with Crippen LogP contribution in [0.4, 0.5) is 4.79 Å². The maximum Gasteiger partial charge on any atom is 0.416 e. The number of hydrogen-bond acceptors (Lipinski definition) is 6. The number of imide groups is 1. The monoisotopic (exact) mass is 286 g/mol. The molecule has 2 amide bonds. The van der Waals surface area contributed by atoms with Crippen LogP contribution in [0.3, 0.4) is 0 Å². The van der Waals surface area contributed by atoms with Crippen molar-refractivity contribution in [3.63, 3.8) is 0 Å². The Morgan fingerprint density at radius 3 is 2.55 bits per heavy atom. The van der Waals surface area contributed by atoms with Crippen molar-refractivity contribution in [3.05, 3.63) is 0 Å². The summed E-state index contributed by atoms with van der Waals surface area (Å²) in [6, 6.07) is 0. The Kier molecular flexibility index (Phi) is 4.91. The van der Waals surface area contributed by atoms with E-state index in [1.165, 1.54) is 0 Å². The number of aliphatic carboxylic acids is 1. The highest BCUT2D eigenvalue weighted by Crippen LogP contribution is 2.14. The summed E-state index contributed by atoms with van der Waals surface area (Å²) in [5, 5.41) is 8.53. The van der Waals surface area contributed by atoms with Crippen LogP contribution in [0.5, 0.6) is 0 Å². The fourth-order valence-electron chi connectivity index (χ4n) is 2.32. The molecular weight excluding hydrogens is 268 g/mol. The van der Waals surface area contributed by atoms with Crippen LogP contribution in [0.2, 0.25) is 0 Å². The van der Waals surface area contributed by atoms with Crippen LogP contribution < -0.4 is 0 Å². The first kappa shape index (κ1) is 14.7. The van der Waals surface area contributed by atoms with Crippen LogP contribution in [-0.4, -0.2) is 78.4 Å². The fourth-order valence-corrected chi connectivity index (χ4v) is 2.32. The molecule has 0 atom stereocenters. The summed E-state index contributed by atoms with van der Waals surface area (Å²) in [5.74, 6) is -1.23. The maximum atomic E-state index is 11.9. The Morgan fingerprint density at radius 1 is 1.30 bits per heavy atom. The molecule has 2 saturated heterocycles. The summed E-state index contributed by atoms with van der Waals surface area (Å²) in [7, 11) is 0. The number of hydrogen-bond donors (Lipinski definition) is 1. The minimum atomic E-state index is -0.977. The molecule has 112 valence electrons. The first-order valence-electron chi connectivity index (χ1n) is 6.59. The molecule has 2 aliphatic heterocycles. The number of rotatable bonds is 5. The SMILES string of the molecule is O=C(O)COC1CCN(CC(=O)N2CCOC2=O)CC1. The van der Waals surface area contributed by atoms with Gasteiger partial charge in [0.2, 0.25) is 5.91 Å². The number of carboxylic acid groups (broad SMARTS) is 1. The van der Waals surface area contributed by atoms with E-state index >= 15 is 0 Å². The zero-order valence-electron chi connectivity index (χ0n) is 11.1. The smallest absolute Gasteiger partial charge is 0.416 e. The molecule has 2 aliphatic rings. The van der Waals surface area contributed by atoms with Crippen molar-refractivity contribution in [3.8, 4) is 0 Å². The number of carbonyl (C=O) groups is 3. The number of carboxylic acids is 1. The highest BCUT2D eigenvalue weighted by Gasteiger charge is 2.30. The summed E-state index contributed by atoms with van der Waals surface area (Å²) in [6.45, 7) is 1.77. The van der Waals surface area contributed by atoms with Crippen LogP contribution in [0.1, 0.15) is 12.8 Å². The van der Waals surface area contributed by atoms with Gasteiger partial charge in [-0.25, -0.2) is 14.5 Å². The molecule has 0 bridgehead atoms. The topological polar surface area (TPSA) is 96.4 Å². The summed E-state index contributed by atoms with van der Waals surface area (Å²) in [6.07, 6.45) is 0.722. The zero-order chi connectivity index (χ0) is 14.5. The highest BCUT2D eigenvalue weighted by atomic mass is 16.6. The normalized spacial score (nSPS) is 21.0. The molecule has 2 rings (SSSR count). The van der Waals surface area contributed by atoms with E-state index in [0.29, 0.717) is 32.5 Å². The second-order valence-corrected chi connectivity index (χ2v) is 4.84. The standard InChI is InChI=1S/C12H18N2O6/c15-10(14-5-6-19-12(14)18)7-13-3-1-9(2-4-13)20-8-11(16)17/h9H,1-8H2,(H,16,17). The van der Waals surface area contributed by atoms with Gasteiger partial charge in [-0.1, -0.05) is 0 Å². The second kappa shape index (κ2) is 6.67. The van der Waals surface area contributed by atoms with E-state index in [9.17, 15) is 14.4 Å². The van der Waals surface area contributed by atoms with Crippen molar-refractivity contribution in [2.75, 3.05) is 39.4 Å². The van der Waals surface area contributed by atoms with Crippen molar-refractivity contribution in [2.45, 2.75) is 18.9 Å². The van der Waals surface area contributed by atoms with Crippen molar-refractivity contribution < 1.29 is 29.0 Å². The molecule has 0 aromatic rings. The molecule has 0 unspecified atom stereocenters. The third-order valence-corrected chi connectivity index (χ3v) is 3.40. The lowest BCUT2D eigenvalue weighted by molar-refractivity contribution is -0.145. The number of likely N-dealkylation sites (tertiary alicyclic amines) is 1. The largest absolute Gasteiger partial charge is 0.480 e. The summed E-state index contributed by atoms with van der Waals surface area (Å²) in [5.41, 5.74) is 0. The van der Waals surface area contributed by atoms with Gasteiger partial charge in [0, 0.05) is 13.1 Å². The minimum absolute atomic E-state index is 0.0748. The lowest BCUT2D eigenvalue weighted by Crippen LogP contribution is -2.45. The number of piperidine rings is 1. The Hall–Kier alpha value is -1.67. The molecule has 0 aliphatic carbocycles. The first-order chi connectivity index (χ1) is 9.56. The summed E-state index contributed by atoms with van der Waals surface area (Å²) < 4.78 is 9.94. The molecule has 0 aromatic carbocycles. The van der Waals surface area contributed by atoms with Gasteiger partial charge >= 0.3 is 12.1 Å². The van der Waals surface area contributed by atoms with Gasteiger partial charge in [0.15, 0.2) is 0 Å². The molecule has 20 heavy (non-hydrogen) atoms. The van der Waals surface area contributed by atoms with Crippen molar-refractivity contribution in [1.29, 1.82) is 0 Å². The molecule has 0 saturated carbocycles. The van der Waals surface area contributed by atoms with E-state index < -0.39 is 12.1 Å². The van der Waals surface area contributed by atoms with E-state index in [1.54, 1.807) is 0 Å². The van der Waals surface area contributed by atoms with Gasteiger partial charge in [-0.2, -0.15) is 0 Å². The van der Waals surface area contributed by atoms with E-state index in [1.807, 2.05) is 4.90 Å². The predicted molar refractivity (Wildman–Crippen MR) is 66.1 cm³/mol. The van der Waals surface area contributed by atoms with Gasteiger partial charge in [0.05, 0.1) is 19.2 Å². The van der Waals surface area contributed by atoms with Gasteiger partial charge < -0.3 is 14.6 Å². The zero-order valence-corrected chi connectivity index (χ0v) is 11.1. The van der Waals surface area contributed by atoms with Crippen LogP contribution in [0, 0.1) is 0 Å². The first-order valence-corrected chi connectivity index (χ1v) is 6.59. The number of carbonyl (C=O) groups excluding carboxylic acids is 2. The molecular formula is C12H18N2O6. The average Bonchev–Trinajstić information content (AvgIpc) is 2.84. The van der Waals surface area contributed by atoms with Gasteiger partial charge in [-0.05, 0) is 12.8 Å². The molecule has 0 spiro atoms. The molecule has 8 nitrogen and oxygen atoms in total. The quantitative estimate of drug-likeness (QED) is 0.729. The van der Waals surface area contributed by atoms with Crippen LogP contribution in [-0.2, 0) is 19.1 Å². The number of amides is 2. The van der Waals surface area contributed by atoms with Gasteiger partial charge in [0.1, 0.15) is 13.2 Å². The Morgan fingerprint density at radius 2 is 2.00 bits per heavy atom. The Bertz CT molecular complexity index is 391. The molecule has 2 heterocycles. The average molecular weight is 286 g/mol. The van der Waals surface area contributed by atoms with Crippen molar-refractivity contribution in [1.82, 2.24) is 9.80 Å².